The molecule has 3 N–H and O–H groups in total. The van der Waals surface area contributed by atoms with E-state index in [0.717, 1.165) is 0 Å². The maximum atomic E-state index is 12.0. The molecule has 22 heavy (non-hydrogen) atoms. The molecule has 0 radical (unpaired) electrons. The molecule has 0 unspecified atom stereocenters. The minimum absolute atomic E-state index is 0.116. The van der Waals surface area contributed by atoms with Crippen molar-refractivity contribution in [2.75, 3.05) is 20.3 Å². The topological polar surface area (TPSA) is 117 Å². The van der Waals surface area contributed by atoms with E-state index in [0.29, 0.717) is 25.3 Å². The van der Waals surface area contributed by atoms with Crippen molar-refractivity contribution in [2.45, 2.75) is 6.42 Å². The monoisotopic (exact) mass is 304 g/mol. The van der Waals surface area contributed by atoms with Crippen molar-refractivity contribution in [3.8, 4) is 17.3 Å². The van der Waals surface area contributed by atoms with Gasteiger partial charge in [0, 0.05) is 26.5 Å². The first-order chi connectivity index (χ1) is 10.6. The molecule has 8 heteroatoms. The van der Waals surface area contributed by atoms with Gasteiger partial charge in [0.2, 0.25) is 5.75 Å². The molecule has 0 aliphatic rings. The number of rotatable bonds is 6. The van der Waals surface area contributed by atoms with Crippen LogP contribution >= 0.6 is 0 Å². The second kappa shape index (κ2) is 7.32. The fourth-order valence-corrected chi connectivity index (χ4v) is 1.75. The number of H-pyrrole nitrogens is 1. The molecule has 8 nitrogen and oxygen atoms in total. The van der Waals surface area contributed by atoms with Gasteiger partial charge in [0.1, 0.15) is 5.69 Å². The fraction of sp³-hybridized carbons (Fsp3) is 0.286. The molecule has 2 heterocycles. The van der Waals surface area contributed by atoms with Crippen LogP contribution in [0.2, 0.25) is 0 Å². The lowest BCUT2D eigenvalue weighted by Gasteiger charge is -2.07. The van der Waals surface area contributed by atoms with Gasteiger partial charge >= 0.3 is 0 Å². The number of carbonyl (C=O) groups excluding carboxylic acids is 1. The maximum absolute atomic E-state index is 12.0. The molecule has 1 amide bonds. The number of pyridine rings is 1. The zero-order valence-corrected chi connectivity index (χ0v) is 12.0. The van der Waals surface area contributed by atoms with Gasteiger partial charge < -0.3 is 20.1 Å². The molecular formula is C14H16N4O4. The van der Waals surface area contributed by atoms with Gasteiger partial charge in [0.25, 0.3) is 11.5 Å². The molecule has 0 aromatic carbocycles. The highest BCUT2D eigenvalue weighted by Gasteiger charge is 2.18. The van der Waals surface area contributed by atoms with E-state index < -0.39 is 17.2 Å². The molecule has 0 aliphatic carbocycles. The van der Waals surface area contributed by atoms with Crippen LogP contribution in [-0.4, -0.2) is 46.2 Å². The number of methoxy groups -OCH3 is 1. The summed E-state index contributed by atoms with van der Waals surface area (Å²) < 4.78 is 4.87. The lowest BCUT2D eigenvalue weighted by atomic mass is 10.3. The van der Waals surface area contributed by atoms with Gasteiger partial charge in [-0.15, -0.1) is 0 Å². The Hall–Kier alpha value is -2.74. The molecule has 0 saturated heterocycles. The summed E-state index contributed by atoms with van der Waals surface area (Å²) in [5.74, 6) is -1.23. The van der Waals surface area contributed by atoms with Crippen LogP contribution in [0.1, 0.15) is 16.9 Å². The number of carbonyl (C=O) groups is 1. The zero-order valence-electron chi connectivity index (χ0n) is 12.0. The van der Waals surface area contributed by atoms with Gasteiger partial charge in [0.05, 0.1) is 0 Å². The quantitative estimate of drug-likeness (QED) is 0.661. The highest BCUT2D eigenvalue weighted by molar-refractivity contribution is 5.95. The van der Waals surface area contributed by atoms with Crippen LogP contribution < -0.4 is 10.9 Å². The number of nitrogens with one attached hydrogen (secondary N) is 2. The molecule has 0 spiro atoms. The highest BCUT2D eigenvalue weighted by atomic mass is 16.5. The lowest BCUT2D eigenvalue weighted by Crippen LogP contribution is -2.28. The average Bonchev–Trinajstić information content (AvgIpc) is 2.54. The first kappa shape index (κ1) is 15.6. The summed E-state index contributed by atoms with van der Waals surface area (Å²) >= 11 is 0. The minimum atomic E-state index is -0.794. The minimum Gasteiger partial charge on any atom is -0.501 e. The number of amides is 1. The van der Waals surface area contributed by atoms with E-state index in [2.05, 4.69) is 20.3 Å². The molecule has 0 saturated carbocycles. The first-order valence-electron chi connectivity index (χ1n) is 6.65. The number of aromatic nitrogens is 3. The van der Waals surface area contributed by atoms with Crippen molar-refractivity contribution in [1.82, 2.24) is 20.3 Å². The molecule has 2 rings (SSSR count). The fourth-order valence-electron chi connectivity index (χ4n) is 1.75. The van der Waals surface area contributed by atoms with Crippen LogP contribution in [-0.2, 0) is 4.74 Å². The Morgan fingerprint density at radius 2 is 2.27 bits per heavy atom. The number of aromatic hydroxyl groups is 1. The van der Waals surface area contributed by atoms with E-state index in [9.17, 15) is 14.7 Å². The summed E-state index contributed by atoms with van der Waals surface area (Å²) in [4.78, 5) is 34.2. The van der Waals surface area contributed by atoms with Gasteiger partial charge in [-0.3, -0.25) is 14.6 Å². The van der Waals surface area contributed by atoms with E-state index in [1.807, 2.05) is 0 Å². The average molecular weight is 304 g/mol. The van der Waals surface area contributed by atoms with Crippen molar-refractivity contribution in [1.29, 1.82) is 0 Å². The van der Waals surface area contributed by atoms with Crippen molar-refractivity contribution in [3.05, 3.63) is 40.4 Å². The second-order valence-corrected chi connectivity index (χ2v) is 4.43. The van der Waals surface area contributed by atoms with Crippen LogP contribution in [0.15, 0.2) is 29.2 Å². The second-order valence-electron chi connectivity index (χ2n) is 4.43. The van der Waals surface area contributed by atoms with Crippen LogP contribution in [0, 0.1) is 0 Å². The van der Waals surface area contributed by atoms with Gasteiger partial charge in [0.15, 0.2) is 11.5 Å². The molecule has 2 aromatic rings. The normalized spacial score (nSPS) is 10.4. The van der Waals surface area contributed by atoms with Gasteiger partial charge in [-0.05, 0) is 18.6 Å². The summed E-state index contributed by atoms with van der Waals surface area (Å²) in [6, 6.07) is 5.07. The zero-order chi connectivity index (χ0) is 15.9. The van der Waals surface area contributed by atoms with Crippen molar-refractivity contribution < 1.29 is 14.6 Å². The summed E-state index contributed by atoms with van der Waals surface area (Å²) in [5.41, 5.74) is -0.729. The lowest BCUT2D eigenvalue weighted by molar-refractivity contribution is 0.0940. The van der Waals surface area contributed by atoms with E-state index in [1.165, 1.54) is 6.20 Å². The Labute approximate surface area is 126 Å². The Morgan fingerprint density at radius 1 is 1.45 bits per heavy atom. The SMILES string of the molecule is COCCCNC(=O)c1nc(-c2ccccn2)[nH]c(=O)c1O. The van der Waals surface area contributed by atoms with Crippen LogP contribution in [0.25, 0.3) is 11.5 Å². The predicted molar refractivity (Wildman–Crippen MR) is 78.6 cm³/mol. The van der Waals surface area contributed by atoms with Crippen molar-refractivity contribution in [3.63, 3.8) is 0 Å². The van der Waals surface area contributed by atoms with Gasteiger partial charge in [-0.2, -0.15) is 0 Å². The smallest absolute Gasteiger partial charge is 0.294 e. The van der Waals surface area contributed by atoms with Gasteiger partial charge in [-0.1, -0.05) is 6.07 Å². The summed E-state index contributed by atoms with van der Waals surface area (Å²) in [6.07, 6.45) is 2.14. The number of aromatic amines is 1. The third kappa shape index (κ3) is 3.67. The Morgan fingerprint density at radius 3 is 2.95 bits per heavy atom. The third-order valence-electron chi connectivity index (χ3n) is 2.83. The summed E-state index contributed by atoms with van der Waals surface area (Å²) in [6.45, 7) is 0.841. The molecule has 0 aliphatic heterocycles. The predicted octanol–water partition coefficient (Wildman–Crippen LogP) is 0.304. The van der Waals surface area contributed by atoms with E-state index in [4.69, 9.17) is 4.74 Å². The number of hydrogen-bond donors (Lipinski definition) is 3. The maximum Gasteiger partial charge on any atom is 0.294 e. The Balaban J connectivity index is 2.26. The highest BCUT2D eigenvalue weighted by Crippen LogP contribution is 2.14. The molecule has 116 valence electrons. The first-order valence-corrected chi connectivity index (χ1v) is 6.65. The summed E-state index contributed by atoms with van der Waals surface area (Å²) in [5, 5.41) is 12.3. The Kier molecular flexibility index (Phi) is 5.21. The van der Waals surface area contributed by atoms with Gasteiger partial charge in [-0.25, -0.2) is 4.98 Å². The molecule has 0 fully saturated rings. The third-order valence-corrected chi connectivity index (χ3v) is 2.83. The van der Waals surface area contributed by atoms with Crippen LogP contribution in [0.4, 0.5) is 0 Å². The van der Waals surface area contributed by atoms with Crippen LogP contribution in [0.3, 0.4) is 0 Å². The molecule has 0 bridgehead atoms. The van der Waals surface area contributed by atoms with E-state index >= 15 is 0 Å². The largest absolute Gasteiger partial charge is 0.501 e. The molecule has 0 atom stereocenters. The number of hydrogen-bond acceptors (Lipinski definition) is 6. The Bertz CT molecular complexity index is 700. The summed E-state index contributed by atoms with van der Waals surface area (Å²) in [7, 11) is 1.56. The number of ether oxygens (including phenoxy) is 1. The standard InChI is InChI=1S/C14H16N4O4/c1-22-8-4-7-16-13(20)10-11(19)14(21)18-12(17-10)9-5-2-3-6-15-9/h2-3,5-6,19H,4,7-8H2,1H3,(H,16,20)(H,17,18,21). The van der Waals surface area contributed by atoms with Crippen molar-refractivity contribution in [2.24, 2.45) is 0 Å². The van der Waals surface area contributed by atoms with Crippen molar-refractivity contribution >= 4 is 5.91 Å². The van der Waals surface area contributed by atoms with E-state index in [1.54, 1.807) is 25.3 Å². The molecular weight excluding hydrogens is 288 g/mol. The van der Waals surface area contributed by atoms with Crippen LogP contribution in [0.5, 0.6) is 5.75 Å². The molecule has 2 aromatic heterocycles. The number of nitrogens with zero attached hydrogens (tertiary/aromatic N) is 2. The van der Waals surface area contributed by atoms with E-state index in [-0.39, 0.29) is 11.5 Å².